The molecule has 0 fully saturated rings. The third kappa shape index (κ3) is 7.46. The molecule has 2 unspecified atom stereocenters. The van der Waals surface area contributed by atoms with Gasteiger partial charge in [-0.05, 0) is 74.9 Å². The number of phenols is 1. The van der Waals surface area contributed by atoms with E-state index in [1.54, 1.807) is 57.2 Å². The number of aryl methyl sites for hydroxylation is 3. The van der Waals surface area contributed by atoms with Crippen LogP contribution >= 0.6 is 0 Å². The predicted octanol–water partition coefficient (Wildman–Crippen LogP) is 3.44. The number of sulfonamides is 1. The molecule has 0 radical (unpaired) electrons. The minimum Gasteiger partial charge on any atom is -0.508 e. The Labute approximate surface area is 265 Å². The minimum atomic E-state index is -4.54. The Morgan fingerprint density at radius 1 is 0.667 bits per heavy atom. The molecular weight excluding hydrogens is 635 g/mol. The minimum absolute atomic E-state index is 0.0568. The Hall–Kier alpha value is -3.59. The van der Waals surface area contributed by atoms with Crippen molar-refractivity contribution in [1.29, 1.82) is 0 Å². The van der Waals surface area contributed by atoms with E-state index in [1.165, 1.54) is 60.7 Å². The topological polar surface area (TPSA) is 178 Å². The zero-order valence-electron chi connectivity index (χ0n) is 25.2. The van der Waals surface area contributed by atoms with Crippen molar-refractivity contribution in [3.63, 3.8) is 0 Å². The van der Waals surface area contributed by atoms with Crippen molar-refractivity contribution in [1.82, 2.24) is 4.31 Å². The fourth-order valence-electron chi connectivity index (χ4n) is 4.75. The van der Waals surface area contributed by atoms with Crippen LogP contribution in [0.5, 0.6) is 5.75 Å². The molecular formula is C32H37N3O7S3. The monoisotopic (exact) mass is 671 g/mol. The molecule has 45 heavy (non-hydrogen) atoms. The van der Waals surface area contributed by atoms with Gasteiger partial charge in [-0.1, -0.05) is 65.2 Å². The summed E-state index contributed by atoms with van der Waals surface area (Å²) < 4.78 is 84.6. The highest BCUT2D eigenvalue weighted by Crippen LogP contribution is 2.30. The Balaban J connectivity index is 1.86. The van der Waals surface area contributed by atoms with Gasteiger partial charge in [0.2, 0.25) is 10.0 Å². The van der Waals surface area contributed by atoms with Gasteiger partial charge in [0.05, 0.1) is 14.7 Å². The maximum atomic E-state index is 14.3. The van der Waals surface area contributed by atoms with E-state index in [9.17, 15) is 30.4 Å². The number of phenolic OH excluding ortho intramolecular Hbond substituents is 1. The Morgan fingerprint density at radius 2 is 1.09 bits per heavy atom. The van der Waals surface area contributed by atoms with Gasteiger partial charge in [-0.3, -0.25) is 0 Å². The summed E-state index contributed by atoms with van der Waals surface area (Å²) in [5.41, 5.74) is 15.8. The number of nitrogens with two attached hydrogens (primary N) is 2. The quantitative estimate of drug-likeness (QED) is 0.204. The number of nitrogens with zero attached hydrogens (tertiary/aromatic N) is 1. The third-order valence-corrected chi connectivity index (χ3v) is 13.5. The van der Waals surface area contributed by atoms with Crippen LogP contribution in [0.25, 0.3) is 0 Å². The maximum absolute atomic E-state index is 14.3. The second kappa shape index (κ2) is 13.0. The average molecular weight is 672 g/mol. The summed E-state index contributed by atoms with van der Waals surface area (Å²) in [4.78, 5) is -2.74. The number of rotatable bonds is 12. The molecule has 0 spiro atoms. The van der Waals surface area contributed by atoms with Gasteiger partial charge in [-0.2, -0.15) is 4.31 Å². The fraction of sp³-hybridized carbons (Fsp3) is 0.250. The van der Waals surface area contributed by atoms with Crippen molar-refractivity contribution in [3.8, 4) is 5.75 Å². The summed E-state index contributed by atoms with van der Waals surface area (Å²) >= 11 is 0. The molecule has 0 aliphatic heterocycles. The van der Waals surface area contributed by atoms with Crippen LogP contribution in [0.4, 0.5) is 0 Å². The van der Waals surface area contributed by atoms with E-state index in [0.29, 0.717) is 5.56 Å². The maximum Gasteiger partial charge on any atom is 0.243 e. The van der Waals surface area contributed by atoms with Gasteiger partial charge in [-0.25, -0.2) is 25.3 Å². The number of sulfone groups is 2. The molecule has 240 valence electrons. The van der Waals surface area contributed by atoms with E-state index in [1.807, 2.05) is 0 Å². The largest absolute Gasteiger partial charge is 0.508 e. The summed E-state index contributed by atoms with van der Waals surface area (Å²) in [7, 11) is -13.3. The molecule has 0 amide bonds. The number of hydrogen-bond donors (Lipinski definition) is 3. The highest BCUT2D eigenvalue weighted by atomic mass is 32.2. The summed E-state index contributed by atoms with van der Waals surface area (Å²) in [6, 6.07) is 23.4. The van der Waals surface area contributed by atoms with Crippen LogP contribution in [0.3, 0.4) is 0 Å². The van der Waals surface area contributed by atoms with E-state index in [4.69, 9.17) is 11.5 Å². The van der Waals surface area contributed by atoms with Gasteiger partial charge >= 0.3 is 0 Å². The molecule has 10 nitrogen and oxygen atoms in total. The van der Waals surface area contributed by atoms with Gasteiger partial charge in [0.1, 0.15) is 16.0 Å². The zero-order valence-corrected chi connectivity index (χ0v) is 27.6. The van der Waals surface area contributed by atoms with Crippen molar-refractivity contribution in [2.75, 3.05) is 13.1 Å². The SMILES string of the molecule is Cc1ccc(S(=O)(=O)C(N)CN(CC(N)(Cc2ccc(O)cc2)S(=O)(=O)c2ccc(C)cc2)S(=O)(=O)c2ccc(C)cc2)cc1. The van der Waals surface area contributed by atoms with Gasteiger partial charge in [0.25, 0.3) is 0 Å². The van der Waals surface area contributed by atoms with Crippen LogP contribution in [0, 0.1) is 20.8 Å². The van der Waals surface area contributed by atoms with E-state index < -0.39 is 53.0 Å². The van der Waals surface area contributed by atoms with Gasteiger partial charge < -0.3 is 16.6 Å². The van der Waals surface area contributed by atoms with Crippen molar-refractivity contribution in [2.45, 2.75) is 52.1 Å². The first-order chi connectivity index (χ1) is 21.0. The lowest BCUT2D eigenvalue weighted by Crippen LogP contribution is -2.60. The smallest absolute Gasteiger partial charge is 0.243 e. The standard InChI is InChI=1S/C32H37N3O7S3/c1-23-4-14-28(15-5-23)43(37,38)31(33)21-35(45(41,42)30-18-8-25(3)9-19-30)22-32(34,20-26-10-12-27(36)13-11-26)44(39,40)29-16-6-24(2)7-17-29/h4-19,31,36H,20-22,33-34H2,1-3H3. The summed E-state index contributed by atoms with van der Waals surface area (Å²) in [6.45, 7) is 3.72. The molecule has 4 aromatic rings. The molecule has 4 rings (SSSR count). The molecule has 0 aliphatic carbocycles. The van der Waals surface area contributed by atoms with Crippen molar-refractivity contribution >= 4 is 29.7 Å². The summed E-state index contributed by atoms with van der Waals surface area (Å²) in [6.07, 6.45) is -0.372. The average Bonchev–Trinajstić information content (AvgIpc) is 2.98. The van der Waals surface area contributed by atoms with E-state index >= 15 is 0 Å². The highest BCUT2D eigenvalue weighted by molar-refractivity contribution is 7.93. The molecule has 13 heteroatoms. The third-order valence-electron chi connectivity index (χ3n) is 7.54. The highest BCUT2D eigenvalue weighted by Gasteiger charge is 2.46. The van der Waals surface area contributed by atoms with Crippen molar-refractivity contribution in [2.24, 2.45) is 11.5 Å². The van der Waals surface area contributed by atoms with Crippen LogP contribution in [0.1, 0.15) is 22.3 Å². The van der Waals surface area contributed by atoms with Crippen LogP contribution in [0.15, 0.2) is 112 Å². The first-order valence-electron chi connectivity index (χ1n) is 14.0. The summed E-state index contributed by atoms with van der Waals surface area (Å²) in [5, 5.41) is 8.03. The van der Waals surface area contributed by atoms with E-state index in [2.05, 4.69) is 0 Å². The fourth-order valence-corrected chi connectivity index (χ4v) is 9.35. The molecule has 2 atom stereocenters. The molecule has 0 aliphatic rings. The first-order valence-corrected chi connectivity index (χ1v) is 18.4. The number of hydrogen-bond acceptors (Lipinski definition) is 9. The van der Waals surface area contributed by atoms with E-state index in [0.717, 1.165) is 21.0 Å². The van der Waals surface area contributed by atoms with Gasteiger partial charge in [0.15, 0.2) is 19.7 Å². The van der Waals surface area contributed by atoms with E-state index in [-0.39, 0.29) is 26.9 Å². The van der Waals surface area contributed by atoms with Crippen LogP contribution in [-0.4, -0.2) is 58.0 Å². The molecule has 0 aromatic heterocycles. The van der Waals surface area contributed by atoms with Gasteiger partial charge in [-0.15, -0.1) is 0 Å². The Kier molecular flexibility index (Phi) is 9.93. The molecule has 0 saturated carbocycles. The first kappa shape index (κ1) is 34.3. The molecule has 5 N–H and O–H groups in total. The lowest BCUT2D eigenvalue weighted by atomic mass is 10.1. The van der Waals surface area contributed by atoms with Crippen LogP contribution in [0.2, 0.25) is 0 Å². The zero-order chi connectivity index (χ0) is 33.2. The molecule has 4 aromatic carbocycles. The number of aromatic hydroxyl groups is 1. The van der Waals surface area contributed by atoms with Crippen molar-refractivity contribution in [3.05, 3.63) is 119 Å². The predicted molar refractivity (Wildman–Crippen MR) is 173 cm³/mol. The molecule has 0 saturated heterocycles. The second-order valence-electron chi connectivity index (χ2n) is 11.2. The lowest BCUT2D eigenvalue weighted by molar-refractivity contribution is 0.350. The summed E-state index contributed by atoms with van der Waals surface area (Å²) in [5.74, 6) is -0.0568. The second-order valence-corrected chi connectivity index (χ2v) is 17.6. The number of benzene rings is 4. The Bertz CT molecular complexity index is 1960. The van der Waals surface area contributed by atoms with Crippen molar-refractivity contribution < 1.29 is 30.4 Å². The van der Waals surface area contributed by atoms with Crippen LogP contribution in [-0.2, 0) is 36.1 Å². The molecule has 0 bridgehead atoms. The van der Waals surface area contributed by atoms with Crippen LogP contribution < -0.4 is 11.5 Å². The lowest BCUT2D eigenvalue weighted by Gasteiger charge is -2.35. The Morgan fingerprint density at radius 3 is 1.56 bits per heavy atom. The van der Waals surface area contributed by atoms with Gasteiger partial charge in [0, 0.05) is 19.5 Å². The molecule has 0 heterocycles. The normalized spacial score (nSPS) is 14.6.